The fourth-order valence-electron chi connectivity index (χ4n) is 2.68. The Labute approximate surface area is 133 Å². The number of halogens is 1. The third-order valence-electron chi connectivity index (χ3n) is 3.91. The Morgan fingerprint density at radius 3 is 2.52 bits per heavy atom. The van der Waals surface area contributed by atoms with E-state index >= 15 is 0 Å². The first-order valence-electron chi connectivity index (χ1n) is 7.50. The summed E-state index contributed by atoms with van der Waals surface area (Å²) in [6.45, 7) is 0.781. The average molecular weight is 312 g/mol. The van der Waals surface area contributed by atoms with Crippen molar-refractivity contribution in [2.45, 2.75) is 13.0 Å². The molecule has 5 heteroatoms. The molecule has 2 aromatic rings. The molecular weight excluding hydrogens is 295 g/mol. The van der Waals surface area contributed by atoms with E-state index in [0.717, 1.165) is 11.3 Å². The SMILES string of the molecule is O=C(Nc1ccccc1)[C@@H]1CC(=O)N(Cc2ccc(F)cc2)C1. The summed E-state index contributed by atoms with van der Waals surface area (Å²) in [5.74, 6) is -0.863. The van der Waals surface area contributed by atoms with Crippen molar-refractivity contribution in [2.75, 3.05) is 11.9 Å². The number of nitrogens with one attached hydrogen (secondary N) is 1. The summed E-state index contributed by atoms with van der Waals surface area (Å²) >= 11 is 0. The summed E-state index contributed by atoms with van der Waals surface area (Å²) in [4.78, 5) is 26.0. The Balaban J connectivity index is 1.60. The molecule has 2 aromatic carbocycles. The lowest BCUT2D eigenvalue weighted by molar-refractivity contribution is -0.128. The van der Waals surface area contributed by atoms with Crippen LogP contribution in [-0.2, 0) is 16.1 Å². The van der Waals surface area contributed by atoms with Crippen LogP contribution in [0.3, 0.4) is 0 Å². The number of hydrogen-bond acceptors (Lipinski definition) is 2. The molecule has 1 fully saturated rings. The van der Waals surface area contributed by atoms with Crippen molar-refractivity contribution in [3.8, 4) is 0 Å². The highest BCUT2D eigenvalue weighted by Crippen LogP contribution is 2.22. The Morgan fingerprint density at radius 2 is 1.83 bits per heavy atom. The van der Waals surface area contributed by atoms with E-state index in [0.29, 0.717) is 13.1 Å². The second-order valence-corrected chi connectivity index (χ2v) is 5.66. The maximum Gasteiger partial charge on any atom is 0.229 e. The van der Waals surface area contributed by atoms with Crippen molar-refractivity contribution < 1.29 is 14.0 Å². The van der Waals surface area contributed by atoms with Crippen molar-refractivity contribution in [3.63, 3.8) is 0 Å². The Hall–Kier alpha value is -2.69. The van der Waals surface area contributed by atoms with Crippen LogP contribution in [0, 0.1) is 11.7 Å². The van der Waals surface area contributed by atoms with Gasteiger partial charge in [0.1, 0.15) is 5.82 Å². The van der Waals surface area contributed by atoms with Crippen LogP contribution >= 0.6 is 0 Å². The Kier molecular flexibility index (Phi) is 4.37. The van der Waals surface area contributed by atoms with Gasteiger partial charge < -0.3 is 10.2 Å². The van der Waals surface area contributed by atoms with Gasteiger partial charge >= 0.3 is 0 Å². The van der Waals surface area contributed by atoms with Gasteiger partial charge in [-0.15, -0.1) is 0 Å². The fraction of sp³-hybridized carbons (Fsp3) is 0.222. The lowest BCUT2D eigenvalue weighted by Crippen LogP contribution is -2.28. The minimum atomic E-state index is -0.358. The van der Waals surface area contributed by atoms with Gasteiger partial charge in [0.15, 0.2) is 0 Å². The molecule has 1 aliphatic rings. The molecule has 4 nitrogen and oxygen atoms in total. The lowest BCUT2D eigenvalue weighted by Gasteiger charge is -2.16. The van der Waals surface area contributed by atoms with Gasteiger partial charge in [0.2, 0.25) is 11.8 Å². The first kappa shape index (κ1) is 15.2. The molecule has 0 spiro atoms. The Bertz CT molecular complexity index is 701. The van der Waals surface area contributed by atoms with E-state index in [9.17, 15) is 14.0 Å². The maximum absolute atomic E-state index is 12.9. The number of benzene rings is 2. The molecular formula is C18H17FN2O2. The zero-order valence-corrected chi connectivity index (χ0v) is 12.5. The number of rotatable bonds is 4. The van der Waals surface area contributed by atoms with E-state index in [-0.39, 0.29) is 30.0 Å². The van der Waals surface area contributed by atoms with Gasteiger partial charge in [0.05, 0.1) is 5.92 Å². The maximum atomic E-state index is 12.9. The summed E-state index contributed by atoms with van der Waals surface area (Å²) in [5, 5.41) is 2.83. The number of carbonyl (C=O) groups is 2. The highest BCUT2D eigenvalue weighted by molar-refractivity contribution is 5.97. The number of carbonyl (C=O) groups excluding carboxylic acids is 2. The molecule has 1 N–H and O–H groups in total. The van der Waals surface area contributed by atoms with E-state index < -0.39 is 0 Å². The van der Waals surface area contributed by atoms with Crippen LogP contribution < -0.4 is 5.32 Å². The van der Waals surface area contributed by atoms with Crippen molar-refractivity contribution in [1.29, 1.82) is 0 Å². The first-order valence-corrected chi connectivity index (χ1v) is 7.50. The third-order valence-corrected chi connectivity index (χ3v) is 3.91. The van der Waals surface area contributed by atoms with Gasteiger partial charge in [0.25, 0.3) is 0 Å². The van der Waals surface area contributed by atoms with E-state index in [1.54, 1.807) is 17.0 Å². The van der Waals surface area contributed by atoms with Crippen molar-refractivity contribution in [3.05, 3.63) is 66.0 Å². The highest BCUT2D eigenvalue weighted by atomic mass is 19.1. The third kappa shape index (κ3) is 3.74. The van der Waals surface area contributed by atoms with Gasteiger partial charge in [-0.1, -0.05) is 30.3 Å². The Morgan fingerprint density at radius 1 is 1.13 bits per heavy atom. The van der Waals surface area contributed by atoms with E-state index in [1.807, 2.05) is 30.3 Å². The van der Waals surface area contributed by atoms with Gasteiger partial charge in [0, 0.05) is 25.2 Å². The summed E-state index contributed by atoms with van der Waals surface area (Å²) in [6, 6.07) is 15.2. The molecule has 1 atom stereocenters. The second kappa shape index (κ2) is 6.60. The highest BCUT2D eigenvalue weighted by Gasteiger charge is 2.34. The van der Waals surface area contributed by atoms with E-state index in [4.69, 9.17) is 0 Å². The van der Waals surface area contributed by atoms with E-state index in [1.165, 1.54) is 12.1 Å². The van der Waals surface area contributed by atoms with Crippen molar-refractivity contribution in [2.24, 2.45) is 5.92 Å². The minimum absolute atomic E-state index is 0.0532. The van der Waals surface area contributed by atoms with Crippen LogP contribution in [0.25, 0.3) is 0 Å². The molecule has 0 aromatic heterocycles. The molecule has 0 aliphatic carbocycles. The van der Waals surface area contributed by atoms with Crippen LogP contribution in [0.2, 0.25) is 0 Å². The fourth-order valence-corrected chi connectivity index (χ4v) is 2.68. The van der Waals surface area contributed by atoms with Crippen LogP contribution in [0.4, 0.5) is 10.1 Å². The van der Waals surface area contributed by atoms with Crippen LogP contribution in [0.5, 0.6) is 0 Å². The molecule has 0 unspecified atom stereocenters. The average Bonchev–Trinajstić information content (AvgIpc) is 2.92. The molecule has 0 bridgehead atoms. The quantitative estimate of drug-likeness (QED) is 0.944. The molecule has 1 saturated heterocycles. The number of anilines is 1. The number of likely N-dealkylation sites (tertiary alicyclic amines) is 1. The van der Waals surface area contributed by atoms with Crippen LogP contribution in [-0.4, -0.2) is 23.3 Å². The minimum Gasteiger partial charge on any atom is -0.338 e. The van der Waals surface area contributed by atoms with Crippen LogP contribution in [0.15, 0.2) is 54.6 Å². The van der Waals surface area contributed by atoms with Gasteiger partial charge in [-0.2, -0.15) is 0 Å². The van der Waals surface area contributed by atoms with Gasteiger partial charge in [-0.05, 0) is 29.8 Å². The number of para-hydroxylation sites is 1. The lowest BCUT2D eigenvalue weighted by atomic mass is 10.1. The number of nitrogens with zero attached hydrogens (tertiary/aromatic N) is 1. The molecule has 0 saturated carbocycles. The summed E-state index contributed by atoms with van der Waals surface area (Å²) in [6.07, 6.45) is 0.208. The van der Waals surface area contributed by atoms with E-state index in [2.05, 4.69) is 5.32 Å². The van der Waals surface area contributed by atoms with Crippen molar-refractivity contribution >= 4 is 17.5 Å². The van der Waals surface area contributed by atoms with Gasteiger partial charge in [-0.3, -0.25) is 9.59 Å². The zero-order chi connectivity index (χ0) is 16.2. The van der Waals surface area contributed by atoms with Crippen LogP contribution in [0.1, 0.15) is 12.0 Å². The zero-order valence-electron chi connectivity index (χ0n) is 12.5. The molecule has 1 heterocycles. The van der Waals surface area contributed by atoms with Gasteiger partial charge in [-0.25, -0.2) is 4.39 Å². The molecule has 0 radical (unpaired) electrons. The molecule has 23 heavy (non-hydrogen) atoms. The monoisotopic (exact) mass is 312 g/mol. The first-order chi connectivity index (χ1) is 11.1. The summed E-state index contributed by atoms with van der Waals surface area (Å²) in [5.41, 5.74) is 1.57. The largest absolute Gasteiger partial charge is 0.338 e. The normalized spacial score (nSPS) is 17.3. The molecule has 3 rings (SSSR count). The molecule has 2 amide bonds. The molecule has 118 valence electrons. The summed E-state index contributed by atoms with van der Waals surface area (Å²) < 4.78 is 12.9. The predicted molar refractivity (Wildman–Crippen MR) is 85.0 cm³/mol. The second-order valence-electron chi connectivity index (χ2n) is 5.66. The smallest absolute Gasteiger partial charge is 0.229 e. The predicted octanol–water partition coefficient (Wildman–Crippen LogP) is 2.81. The number of amides is 2. The summed E-state index contributed by atoms with van der Waals surface area (Å²) in [7, 11) is 0. The van der Waals surface area contributed by atoms with Crippen molar-refractivity contribution in [1.82, 2.24) is 4.90 Å². The standard InChI is InChI=1S/C18H17FN2O2/c19-15-8-6-13(7-9-15)11-21-12-14(10-17(21)22)18(23)20-16-4-2-1-3-5-16/h1-9,14H,10-12H2,(H,20,23)/t14-/m1/s1. The topological polar surface area (TPSA) is 49.4 Å². The number of hydrogen-bond donors (Lipinski definition) is 1. The molecule has 1 aliphatic heterocycles.